The van der Waals surface area contributed by atoms with Gasteiger partial charge in [-0.2, -0.15) is 0 Å². The summed E-state index contributed by atoms with van der Waals surface area (Å²) in [6.45, 7) is 3.43. The number of thiophene rings is 1. The summed E-state index contributed by atoms with van der Waals surface area (Å²) >= 11 is 8.51. The number of nitrogens with one attached hydrogen (secondary N) is 1. The number of halogens is 1. The number of carboxylic acid groups (broad SMARTS) is 1. The lowest BCUT2D eigenvalue weighted by atomic mass is 10.2. The number of aryl methyl sites for hydroxylation is 1. The highest BCUT2D eigenvalue weighted by atomic mass is 35.5. The van der Waals surface area contributed by atoms with E-state index < -0.39 is 17.9 Å². The molecule has 0 saturated heterocycles. The Kier molecular flexibility index (Phi) is 4.97. The van der Waals surface area contributed by atoms with Crippen LogP contribution in [0.25, 0.3) is 9.88 Å². The Morgan fingerprint density at radius 1 is 1.43 bits per heavy atom. The molecule has 21 heavy (non-hydrogen) atoms. The van der Waals surface area contributed by atoms with Crippen molar-refractivity contribution in [3.63, 3.8) is 0 Å². The summed E-state index contributed by atoms with van der Waals surface area (Å²) in [5, 5.41) is 12.2. The molecular weight excluding hydrogens is 332 g/mol. The minimum Gasteiger partial charge on any atom is -0.480 e. The molecule has 1 unspecified atom stereocenters. The second kappa shape index (κ2) is 6.55. The molecular formula is C13H13ClN2O3S2. The molecule has 112 valence electrons. The zero-order valence-corrected chi connectivity index (χ0v) is 13.7. The average Bonchev–Trinajstić information content (AvgIpc) is 3.01. The molecule has 0 spiro atoms. The molecule has 2 aromatic rings. The van der Waals surface area contributed by atoms with E-state index >= 15 is 0 Å². The van der Waals surface area contributed by atoms with Gasteiger partial charge in [-0.1, -0.05) is 18.5 Å². The van der Waals surface area contributed by atoms with E-state index in [0.717, 1.165) is 4.88 Å². The van der Waals surface area contributed by atoms with Crippen LogP contribution in [0.15, 0.2) is 12.1 Å². The minimum absolute atomic E-state index is 0.326. The Hall–Kier alpha value is -1.44. The molecule has 0 radical (unpaired) electrons. The first-order valence-corrected chi connectivity index (χ1v) is 8.20. The number of thiazole rings is 1. The molecule has 0 fully saturated rings. The summed E-state index contributed by atoms with van der Waals surface area (Å²) in [4.78, 5) is 28.8. The van der Waals surface area contributed by atoms with Crippen LogP contribution in [0.5, 0.6) is 0 Å². The van der Waals surface area contributed by atoms with E-state index in [-0.39, 0.29) is 0 Å². The third kappa shape index (κ3) is 3.61. The second-order valence-corrected chi connectivity index (χ2v) is 7.02. The fourth-order valence-electron chi connectivity index (χ4n) is 1.70. The number of nitrogens with zero attached hydrogens (tertiary/aromatic N) is 1. The quantitative estimate of drug-likeness (QED) is 0.870. The highest BCUT2D eigenvalue weighted by molar-refractivity contribution is 7.24. The molecule has 0 bridgehead atoms. The van der Waals surface area contributed by atoms with Gasteiger partial charge in [-0.25, -0.2) is 9.78 Å². The van der Waals surface area contributed by atoms with Gasteiger partial charge >= 0.3 is 5.97 Å². The van der Waals surface area contributed by atoms with Gasteiger partial charge in [0.15, 0.2) is 0 Å². The van der Waals surface area contributed by atoms with Crippen molar-refractivity contribution in [3.05, 3.63) is 27.0 Å². The normalized spacial score (nSPS) is 12.1. The highest BCUT2D eigenvalue weighted by Gasteiger charge is 2.22. The number of aromatic nitrogens is 1. The van der Waals surface area contributed by atoms with Crippen LogP contribution in [0.4, 0.5) is 0 Å². The molecule has 5 nitrogen and oxygen atoms in total. The van der Waals surface area contributed by atoms with Crippen LogP contribution in [-0.4, -0.2) is 28.0 Å². The summed E-state index contributed by atoms with van der Waals surface area (Å²) in [5.74, 6) is -1.45. The third-order valence-corrected chi connectivity index (χ3v) is 5.36. The van der Waals surface area contributed by atoms with Gasteiger partial charge < -0.3 is 10.4 Å². The average molecular weight is 345 g/mol. The van der Waals surface area contributed by atoms with Crippen molar-refractivity contribution in [1.82, 2.24) is 10.3 Å². The van der Waals surface area contributed by atoms with Gasteiger partial charge in [0.05, 0.1) is 14.9 Å². The Bertz CT molecular complexity index is 681. The fraction of sp³-hybridized carbons (Fsp3) is 0.308. The first-order chi connectivity index (χ1) is 9.92. The lowest BCUT2D eigenvalue weighted by Crippen LogP contribution is -2.40. The molecule has 2 heterocycles. The maximum absolute atomic E-state index is 12.2. The van der Waals surface area contributed by atoms with Crippen LogP contribution in [-0.2, 0) is 4.79 Å². The predicted molar refractivity (Wildman–Crippen MR) is 84.4 cm³/mol. The van der Waals surface area contributed by atoms with Crippen LogP contribution < -0.4 is 5.32 Å². The zero-order chi connectivity index (χ0) is 15.6. The first-order valence-electron chi connectivity index (χ1n) is 6.19. The number of carbonyl (C=O) groups excluding carboxylic acids is 1. The van der Waals surface area contributed by atoms with Crippen LogP contribution >= 0.6 is 34.3 Å². The second-order valence-electron chi connectivity index (χ2n) is 4.31. The lowest BCUT2D eigenvalue weighted by molar-refractivity contribution is -0.139. The molecule has 0 aliphatic heterocycles. The smallest absolute Gasteiger partial charge is 0.326 e. The van der Waals surface area contributed by atoms with Gasteiger partial charge in [-0.15, -0.1) is 22.7 Å². The molecule has 2 aromatic heterocycles. The molecule has 1 amide bonds. The van der Waals surface area contributed by atoms with Crippen molar-refractivity contribution in [2.45, 2.75) is 26.3 Å². The Labute approximate surface area is 134 Å². The lowest BCUT2D eigenvalue weighted by Gasteiger charge is -2.11. The van der Waals surface area contributed by atoms with Crippen LogP contribution in [0, 0.1) is 6.92 Å². The van der Waals surface area contributed by atoms with Crippen molar-refractivity contribution in [1.29, 1.82) is 0 Å². The number of aliphatic carboxylic acids is 1. The summed E-state index contributed by atoms with van der Waals surface area (Å²) in [6, 6.07) is 2.73. The molecule has 8 heteroatoms. The summed E-state index contributed by atoms with van der Waals surface area (Å²) < 4.78 is 0.653. The van der Waals surface area contributed by atoms with Crippen molar-refractivity contribution in [3.8, 4) is 9.88 Å². The number of carboxylic acids is 1. The number of hydrogen-bond acceptors (Lipinski definition) is 5. The van der Waals surface area contributed by atoms with Gasteiger partial charge in [0.1, 0.15) is 15.9 Å². The maximum atomic E-state index is 12.2. The molecule has 0 aliphatic rings. The van der Waals surface area contributed by atoms with Crippen molar-refractivity contribution < 1.29 is 14.7 Å². The van der Waals surface area contributed by atoms with E-state index in [0.29, 0.717) is 26.3 Å². The summed E-state index contributed by atoms with van der Waals surface area (Å²) in [5.41, 5.74) is 0.581. The molecule has 2 N–H and O–H groups in total. The topological polar surface area (TPSA) is 79.3 Å². The molecule has 0 aliphatic carbocycles. The van der Waals surface area contributed by atoms with E-state index in [9.17, 15) is 9.59 Å². The number of hydrogen-bond donors (Lipinski definition) is 2. The van der Waals surface area contributed by atoms with E-state index in [1.54, 1.807) is 19.9 Å². The Morgan fingerprint density at radius 3 is 2.67 bits per heavy atom. The number of amides is 1. The van der Waals surface area contributed by atoms with Crippen LogP contribution in [0.1, 0.15) is 28.7 Å². The van der Waals surface area contributed by atoms with E-state index in [1.807, 2.05) is 6.07 Å². The van der Waals surface area contributed by atoms with Gasteiger partial charge in [0, 0.05) is 0 Å². The zero-order valence-electron chi connectivity index (χ0n) is 11.3. The standard InChI is InChI=1S/C13H13ClN2O3S2/c1-3-7(13(18)19)16-11(17)10-6(2)15-12(21-10)8-4-5-9(14)20-8/h4-5,7H,3H2,1-2H3,(H,16,17)(H,18,19). The van der Waals surface area contributed by atoms with Crippen LogP contribution in [0.2, 0.25) is 4.34 Å². The summed E-state index contributed by atoms with van der Waals surface area (Å²) in [7, 11) is 0. The number of rotatable bonds is 5. The third-order valence-electron chi connectivity index (χ3n) is 2.80. The predicted octanol–water partition coefficient (Wildman–Crippen LogP) is 3.43. The highest BCUT2D eigenvalue weighted by Crippen LogP contribution is 2.34. The van der Waals surface area contributed by atoms with E-state index in [2.05, 4.69) is 10.3 Å². The van der Waals surface area contributed by atoms with E-state index in [4.69, 9.17) is 16.7 Å². The first kappa shape index (κ1) is 15.9. The van der Waals surface area contributed by atoms with Crippen LogP contribution in [0.3, 0.4) is 0 Å². The molecule has 0 aromatic carbocycles. The Morgan fingerprint density at radius 2 is 2.14 bits per heavy atom. The van der Waals surface area contributed by atoms with Gasteiger partial charge in [0.2, 0.25) is 0 Å². The monoisotopic (exact) mass is 344 g/mol. The van der Waals surface area contributed by atoms with Gasteiger partial charge in [0.25, 0.3) is 5.91 Å². The Balaban J connectivity index is 2.22. The minimum atomic E-state index is -1.04. The maximum Gasteiger partial charge on any atom is 0.326 e. The van der Waals surface area contributed by atoms with Gasteiger partial charge in [-0.05, 0) is 25.5 Å². The van der Waals surface area contributed by atoms with Crippen molar-refractivity contribution >= 4 is 46.2 Å². The number of carbonyl (C=O) groups is 2. The summed E-state index contributed by atoms with van der Waals surface area (Å²) in [6.07, 6.45) is 0.326. The fourth-order valence-corrected chi connectivity index (χ4v) is 3.77. The largest absolute Gasteiger partial charge is 0.480 e. The molecule has 2 rings (SSSR count). The molecule has 0 saturated carbocycles. The van der Waals surface area contributed by atoms with Crippen molar-refractivity contribution in [2.75, 3.05) is 0 Å². The molecule has 1 atom stereocenters. The van der Waals surface area contributed by atoms with Gasteiger partial charge in [-0.3, -0.25) is 4.79 Å². The van der Waals surface area contributed by atoms with Crippen molar-refractivity contribution in [2.24, 2.45) is 0 Å². The van der Waals surface area contributed by atoms with E-state index in [1.165, 1.54) is 22.7 Å². The SMILES string of the molecule is CCC(NC(=O)c1sc(-c2ccc(Cl)s2)nc1C)C(=O)O.